The smallest absolute Gasteiger partial charge is 0.194 e. The van der Waals surface area contributed by atoms with Crippen LogP contribution in [0.4, 0.5) is 0 Å². The third-order valence-corrected chi connectivity index (χ3v) is 1.44. The predicted octanol–water partition coefficient (Wildman–Crippen LogP) is 4.41. The van der Waals surface area contributed by atoms with Crippen molar-refractivity contribution in [3.63, 3.8) is 0 Å². The summed E-state index contributed by atoms with van der Waals surface area (Å²) in [5.74, 6) is 2.27. The summed E-state index contributed by atoms with van der Waals surface area (Å²) in [4.78, 5) is 4.09. The first kappa shape index (κ1) is 15.7. The van der Waals surface area contributed by atoms with Crippen molar-refractivity contribution in [3.8, 4) is 0 Å². The SMILES string of the molecule is CC.CC.CCc1ncc(C(C)C)o1. The van der Waals surface area contributed by atoms with E-state index < -0.39 is 0 Å². The van der Waals surface area contributed by atoms with Crippen molar-refractivity contribution in [2.75, 3.05) is 0 Å². The lowest BCUT2D eigenvalue weighted by Crippen LogP contribution is -1.80. The van der Waals surface area contributed by atoms with Crippen molar-refractivity contribution < 1.29 is 4.42 Å². The second-order valence-electron chi connectivity index (χ2n) is 2.66. The van der Waals surface area contributed by atoms with Crippen LogP contribution in [0.1, 0.15) is 66.0 Å². The van der Waals surface area contributed by atoms with Gasteiger partial charge >= 0.3 is 0 Å². The Morgan fingerprint density at radius 1 is 1.21 bits per heavy atom. The van der Waals surface area contributed by atoms with E-state index in [-0.39, 0.29) is 0 Å². The Hall–Kier alpha value is -0.790. The fraction of sp³-hybridized carbons (Fsp3) is 0.750. The highest BCUT2D eigenvalue weighted by Gasteiger charge is 2.04. The lowest BCUT2D eigenvalue weighted by Gasteiger charge is -1.95. The van der Waals surface area contributed by atoms with Gasteiger partial charge in [-0.2, -0.15) is 0 Å². The Morgan fingerprint density at radius 3 is 1.93 bits per heavy atom. The average Bonchev–Trinajstić information content (AvgIpc) is 2.72. The maximum absolute atomic E-state index is 5.38. The van der Waals surface area contributed by atoms with E-state index in [0.717, 1.165) is 18.1 Å². The fourth-order valence-corrected chi connectivity index (χ4v) is 0.755. The zero-order valence-electron chi connectivity index (χ0n) is 10.7. The average molecular weight is 199 g/mol. The molecule has 2 nitrogen and oxygen atoms in total. The van der Waals surface area contributed by atoms with E-state index in [2.05, 4.69) is 18.8 Å². The molecule has 0 radical (unpaired) electrons. The molecule has 2 heteroatoms. The monoisotopic (exact) mass is 199 g/mol. The number of oxazole rings is 1. The molecule has 0 fully saturated rings. The third-order valence-electron chi connectivity index (χ3n) is 1.44. The highest BCUT2D eigenvalue weighted by Crippen LogP contribution is 2.14. The largest absolute Gasteiger partial charge is 0.445 e. The Morgan fingerprint density at radius 2 is 1.71 bits per heavy atom. The van der Waals surface area contributed by atoms with Gasteiger partial charge in [-0.25, -0.2) is 4.98 Å². The van der Waals surface area contributed by atoms with E-state index in [1.54, 1.807) is 0 Å². The first-order valence-corrected chi connectivity index (χ1v) is 5.68. The van der Waals surface area contributed by atoms with Crippen LogP contribution in [-0.4, -0.2) is 4.98 Å². The van der Waals surface area contributed by atoms with Crippen LogP contribution in [0.15, 0.2) is 10.6 Å². The van der Waals surface area contributed by atoms with E-state index in [1.807, 2.05) is 40.8 Å². The van der Waals surface area contributed by atoms with E-state index in [4.69, 9.17) is 4.42 Å². The minimum absolute atomic E-state index is 0.452. The number of rotatable bonds is 2. The van der Waals surface area contributed by atoms with Gasteiger partial charge in [0.2, 0.25) is 0 Å². The molecule has 0 aromatic carbocycles. The van der Waals surface area contributed by atoms with Crippen molar-refractivity contribution in [1.29, 1.82) is 0 Å². The molecule has 1 rings (SSSR count). The molecule has 0 aliphatic carbocycles. The zero-order chi connectivity index (χ0) is 11.6. The van der Waals surface area contributed by atoms with Crippen molar-refractivity contribution in [1.82, 2.24) is 4.98 Å². The number of aromatic nitrogens is 1. The Kier molecular flexibility index (Phi) is 11.5. The number of hydrogen-bond acceptors (Lipinski definition) is 2. The molecule has 0 saturated heterocycles. The van der Waals surface area contributed by atoms with Gasteiger partial charge in [0.25, 0.3) is 0 Å². The molecule has 1 heterocycles. The van der Waals surface area contributed by atoms with Gasteiger partial charge in [0.1, 0.15) is 5.76 Å². The molecule has 1 aromatic heterocycles. The van der Waals surface area contributed by atoms with Crippen molar-refractivity contribution in [2.45, 2.75) is 60.8 Å². The van der Waals surface area contributed by atoms with Crippen LogP contribution in [0, 0.1) is 0 Å². The summed E-state index contributed by atoms with van der Waals surface area (Å²) in [6.45, 7) is 14.2. The molecular formula is C12H25NO. The number of nitrogens with zero attached hydrogens (tertiary/aromatic N) is 1. The maximum Gasteiger partial charge on any atom is 0.194 e. The molecule has 0 spiro atoms. The maximum atomic E-state index is 5.38. The molecule has 0 saturated carbocycles. The molecule has 0 aliphatic rings. The van der Waals surface area contributed by atoms with Crippen LogP contribution in [0.5, 0.6) is 0 Å². The standard InChI is InChI=1S/C8H13NO.2C2H6/c1-4-8-9-5-7(10-8)6(2)3;2*1-2/h5-6H,4H2,1-3H3;2*1-2H3. The van der Waals surface area contributed by atoms with E-state index >= 15 is 0 Å². The molecular weight excluding hydrogens is 174 g/mol. The Balaban J connectivity index is 0. The highest BCUT2D eigenvalue weighted by molar-refractivity contribution is 4.98. The second-order valence-corrected chi connectivity index (χ2v) is 2.66. The van der Waals surface area contributed by atoms with Gasteiger partial charge in [-0.15, -0.1) is 0 Å². The summed E-state index contributed by atoms with van der Waals surface area (Å²) in [6.07, 6.45) is 2.69. The van der Waals surface area contributed by atoms with Gasteiger partial charge < -0.3 is 4.42 Å². The van der Waals surface area contributed by atoms with Crippen LogP contribution in [0.2, 0.25) is 0 Å². The summed E-state index contributed by atoms with van der Waals surface area (Å²) in [7, 11) is 0. The molecule has 1 aromatic rings. The van der Waals surface area contributed by atoms with Crippen LogP contribution in [0.25, 0.3) is 0 Å². The van der Waals surface area contributed by atoms with E-state index in [1.165, 1.54) is 0 Å². The Labute approximate surface area is 88.7 Å². The normalized spacial score (nSPS) is 8.57. The summed E-state index contributed by atoms with van der Waals surface area (Å²) >= 11 is 0. The lowest BCUT2D eigenvalue weighted by molar-refractivity contribution is 0.443. The summed E-state index contributed by atoms with van der Waals surface area (Å²) < 4.78 is 5.38. The van der Waals surface area contributed by atoms with Gasteiger partial charge in [-0.3, -0.25) is 0 Å². The summed E-state index contributed by atoms with van der Waals surface area (Å²) in [6, 6.07) is 0. The molecule has 0 amide bonds. The second kappa shape index (κ2) is 10.3. The topological polar surface area (TPSA) is 26.0 Å². The number of aryl methyl sites for hydroxylation is 1. The molecule has 14 heavy (non-hydrogen) atoms. The quantitative estimate of drug-likeness (QED) is 0.705. The summed E-state index contributed by atoms with van der Waals surface area (Å²) in [5.41, 5.74) is 0. The number of hydrogen-bond donors (Lipinski definition) is 0. The van der Waals surface area contributed by atoms with Gasteiger partial charge in [-0.1, -0.05) is 48.5 Å². The first-order valence-electron chi connectivity index (χ1n) is 5.68. The van der Waals surface area contributed by atoms with Crippen LogP contribution >= 0.6 is 0 Å². The lowest BCUT2D eigenvalue weighted by atomic mass is 10.2. The van der Waals surface area contributed by atoms with Gasteiger partial charge in [0.05, 0.1) is 6.20 Å². The highest BCUT2D eigenvalue weighted by atomic mass is 16.4. The van der Waals surface area contributed by atoms with Gasteiger partial charge in [0.15, 0.2) is 5.89 Å². The summed E-state index contributed by atoms with van der Waals surface area (Å²) in [5, 5.41) is 0. The van der Waals surface area contributed by atoms with Crippen LogP contribution in [0.3, 0.4) is 0 Å². The van der Waals surface area contributed by atoms with E-state index in [9.17, 15) is 0 Å². The molecule has 0 bridgehead atoms. The minimum Gasteiger partial charge on any atom is -0.445 e. The third kappa shape index (κ3) is 5.79. The van der Waals surface area contributed by atoms with Crippen molar-refractivity contribution in [2.24, 2.45) is 0 Å². The molecule has 0 unspecified atom stereocenters. The zero-order valence-corrected chi connectivity index (χ0v) is 10.7. The Bertz CT molecular complexity index is 204. The molecule has 84 valence electrons. The first-order chi connectivity index (χ1) is 6.74. The van der Waals surface area contributed by atoms with Crippen molar-refractivity contribution >= 4 is 0 Å². The van der Waals surface area contributed by atoms with E-state index in [0.29, 0.717) is 5.92 Å². The minimum atomic E-state index is 0.452. The van der Waals surface area contributed by atoms with Crippen LogP contribution < -0.4 is 0 Å². The predicted molar refractivity (Wildman–Crippen MR) is 62.7 cm³/mol. The van der Waals surface area contributed by atoms with Crippen molar-refractivity contribution in [3.05, 3.63) is 17.8 Å². The molecule has 0 aliphatic heterocycles. The molecule has 0 atom stereocenters. The van der Waals surface area contributed by atoms with Gasteiger partial charge in [0, 0.05) is 12.3 Å². The molecule has 0 N–H and O–H groups in total. The van der Waals surface area contributed by atoms with Crippen LogP contribution in [-0.2, 0) is 6.42 Å². The fourth-order valence-electron chi connectivity index (χ4n) is 0.755. The van der Waals surface area contributed by atoms with Gasteiger partial charge in [-0.05, 0) is 0 Å².